The maximum absolute atomic E-state index is 12.7. The van der Waals surface area contributed by atoms with E-state index in [9.17, 15) is 38.7 Å². The van der Waals surface area contributed by atoms with E-state index < -0.39 is 91.3 Å². The first kappa shape index (κ1) is 30.2. The fourth-order valence-electron chi connectivity index (χ4n) is 2.78. The normalized spacial score (nSPS) is 14.2. The Bertz CT molecular complexity index is 801. The first-order valence-corrected chi connectivity index (χ1v) is 10.3. The summed E-state index contributed by atoms with van der Waals surface area (Å²) in [5, 5.41) is 24.3. The van der Waals surface area contributed by atoms with Crippen LogP contribution in [0.2, 0.25) is 0 Å². The van der Waals surface area contributed by atoms with E-state index in [0.29, 0.717) is 0 Å². The number of aliphatic carboxylic acids is 2. The summed E-state index contributed by atoms with van der Waals surface area (Å²) in [5.74, 6) is -7.78. The minimum atomic E-state index is -1.69. The monoisotopic (exact) mass is 488 g/mol. The molecule has 0 saturated heterocycles. The minimum Gasteiger partial charge on any atom is -0.481 e. The topological polar surface area (TPSA) is 274 Å². The van der Waals surface area contributed by atoms with E-state index in [1.807, 2.05) is 19.2 Å². The van der Waals surface area contributed by atoms with E-state index in [2.05, 4.69) is 10.6 Å². The van der Waals surface area contributed by atoms with Crippen LogP contribution in [0.25, 0.3) is 0 Å². The standard InChI is InChI=1S/C19H32N6O9/c1-8(2)5-9(20)16(30)24-11(6-13(21)26)18(32)25-12(7-14(22)27)17(31)23-10(19(33)34)3-4-15(28)29/h8-12H,3-7,20H2,1-2H3,(H2,21,26)(H2,22,27)(H,23,31)(H,24,30)(H,25,32)(H,28,29)(H,33,34). The van der Waals surface area contributed by atoms with Gasteiger partial charge in [0.2, 0.25) is 29.5 Å². The number of hydrogen-bond donors (Lipinski definition) is 8. The molecule has 15 heteroatoms. The molecule has 0 aliphatic rings. The van der Waals surface area contributed by atoms with Gasteiger partial charge in [0, 0.05) is 6.42 Å². The lowest BCUT2D eigenvalue weighted by molar-refractivity contribution is -0.143. The van der Waals surface area contributed by atoms with Crippen LogP contribution >= 0.6 is 0 Å². The highest BCUT2D eigenvalue weighted by atomic mass is 16.4. The first-order valence-electron chi connectivity index (χ1n) is 10.3. The van der Waals surface area contributed by atoms with E-state index in [0.717, 1.165) is 0 Å². The summed E-state index contributed by atoms with van der Waals surface area (Å²) in [5.41, 5.74) is 16.0. The molecule has 0 radical (unpaired) electrons. The third-order valence-corrected chi connectivity index (χ3v) is 4.40. The van der Waals surface area contributed by atoms with Crippen molar-refractivity contribution >= 4 is 41.5 Å². The summed E-state index contributed by atoms with van der Waals surface area (Å²) >= 11 is 0. The average Bonchev–Trinajstić information content (AvgIpc) is 2.68. The second kappa shape index (κ2) is 14.4. The molecule has 34 heavy (non-hydrogen) atoms. The van der Waals surface area contributed by atoms with Gasteiger partial charge in [0.25, 0.3) is 0 Å². The Morgan fingerprint density at radius 2 is 1.15 bits per heavy atom. The second-order valence-corrected chi connectivity index (χ2v) is 8.03. The lowest BCUT2D eigenvalue weighted by Crippen LogP contribution is -2.58. The Balaban J connectivity index is 5.54. The SMILES string of the molecule is CC(C)CC(N)C(=O)NC(CC(N)=O)C(=O)NC(CC(N)=O)C(=O)NC(CCC(=O)O)C(=O)O. The molecule has 0 aliphatic carbocycles. The molecule has 15 nitrogen and oxygen atoms in total. The Hall–Kier alpha value is -3.75. The zero-order chi connectivity index (χ0) is 26.6. The van der Waals surface area contributed by atoms with Crippen LogP contribution in [0.1, 0.15) is 46.0 Å². The molecular formula is C19H32N6O9. The summed E-state index contributed by atoms with van der Waals surface area (Å²) in [6.07, 6.45) is -2.19. The van der Waals surface area contributed by atoms with Gasteiger partial charge in [-0.3, -0.25) is 28.8 Å². The summed E-state index contributed by atoms with van der Waals surface area (Å²) in [6.45, 7) is 3.63. The lowest BCUT2D eigenvalue weighted by atomic mass is 10.0. The van der Waals surface area contributed by atoms with Gasteiger partial charge >= 0.3 is 11.9 Å². The van der Waals surface area contributed by atoms with Crippen molar-refractivity contribution in [3.63, 3.8) is 0 Å². The fourth-order valence-corrected chi connectivity index (χ4v) is 2.78. The number of nitrogens with one attached hydrogen (secondary N) is 3. The third kappa shape index (κ3) is 12.3. The van der Waals surface area contributed by atoms with Crippen molar-refractivity contribution in [1.29, 1.82) is 0 Å². The minimum absolute atomic E-state index is 0.0520. The number of amides is 5. The van der Waals surface area contributed by atoms with Crippen molar-refractivity contribution in [2.45, 2.75) is 70.1 Å². The smallest absolute Gasteiger partial charge is 0.326 e. The Morgan fingerprint density at radius 3 is 1.50 bits per heavy atom. The van der Waals surface area contributed by atoms with Crippen molar-refractivity contribution in [2.75, 3.05) is 0 Å². The number of hydrogen-bond acceptors (Lipinski definition) is 8. The Labute approximate surface area is 195 Å². The van der Waals surface area contributed by atoms with Gasteiger partial charge in [0.1, 0.15) is 18.1 Å². The third-order valence-electron chi connectivity index (χ3n) is 4.40. The Morgan fingerprint density at radius 1 is 0.735 bits per heavy atom. The molecule has 4 atom stereocenters. The summed E-state index contributed by atoms with van der Waals surface area (Å²) < 4.78 is 0. The van der Waals surface area contributed by atoms with E-state index in [-0.39, 0.29) is 12.3 Å². The molecule has 0 fully saturated rings. The van der Waals surface area contributed by atoms with Gasteiger partial charge < -0.3 is 43.4 Å². The number of carbonyl (C=O) groups excluding carboxylic acids is 5. The van der Waals surface area contributed by atoms with Crippen molar-refractivity contribution in [3.05, 3.63) is 0 Å². The zero-order valence-corrected chi connectivity index (χ0v) is 18.9. The van der Waals surface area contributed by atoms with Gasteiger partial charge in [-0.05, 0) is 18.8 Å². The molecule has 0 spiro atoms. The number of carbonyl (C=O) groups is 7. The molecular weight excluding hydrogens is 456 g/mol. The van der Waals surface area contributed by atoms with Crippen LogP contribution in [0, 0.1) is 5.92 Å². The molecule has 0 heterocycles. The van der Waals surface area contributed by atoms with Gasteiger partial charge in [0.05, 0.1) is 18.9 Å². The van der Waals surface area contributed by atoms with Crippen molar-refractivity contribution < 1.29 is 43.8 Å². The van der Waals surface area contributed by atoms with Gasteiger partial charge in [0.15, 0.2) is 0 Å². The van der Waals surface area contributed by atoms with Crippen molar-refractivity contribution in [1.82, 2.24) is 16.0 Å². The quantitative estimate of drug-likeness (QED) is 0.106. The van der Waals surface area contributed by atoms with Gasteiger partial charge in [-0.2, -0.15) is 0 Å². The van der Waals surface area contributed by atoms with Crippen LogP contribution in [0.15, 0.2) is 0 Å². The van der Waals surface area contributed by atoms with Crippen molar-refractivity contribution in [3.8, 4) is 0 Å². The highest BCUT2D eigenvalue weighted by Gasteiger charge is 2.32. The Kier molecular flexibility index (Phi) is 12.8. The summed E-state index contributed by atoms with van der Waals surface area (Å²) in [7, 11) is 0. The van der Waals surface area contributed by atoms with E-state index in [4.69, 9.17) is 22.3 Å². The zero-order valence-electron chi connectivity index (χ0n) is 18.9. The van der Waals surface area contributed by atoms with Crippen LogP contribution in [-0.4, -0.2) is 75.9 Å². The van der Waals surface area contributed by atoms with Crippen molar-refractivity contribution in [2.24, 2.45) is 23.1 Å². The molecule has 192 valence electrons. The largest absolute Gasteiger partial charge is 0.481 e. The van der Waals surface area contributed by atoms with Crippen LogP contribution in [0.4, 0.5) is 0 Å². The van der Waals surface area contributed by atoms with Crippen LogP contribution in [0.3, 0.4) is 0 Å². The summed E-state index contributed by atoms with van der Waals surface area (Å²) in [6, 6.07) is -5.87. The molecule has 0 saturated carbocycles. The van der Waals surface area contributed by atoms with Crippen LogP contribution < -0.4 is 33.2 Å². The van der Waals surface area contributed by atoms with Gasteiger partial charge in [-0.15, -0.1) is 0 Å². The highest BCUT2D eigenvalue weighted by Crippen LogP contribution is 2.05. The second-order valence-electron chi connectivity index (χ2n) is 8.03. The van der Waals surface area contributed by atoms with E-state index >= 15 is 0 Å². The highest BCUT2D eigenvalue weighted by molar-refractivity contribution is 5.97. The molecule has 0 aromatic heterocycles. The average molecular weight is 488 g/mol. The summed E-state index contributed by atoms with van der Waals surface area (Å²) in [4.78, 5) is 82.3. The van der Waals surface area contributed by atoms with E-state index in [1.165, 1.54) is 0 Å². The molecule has 11 N–H and O–H groups in total. The number of nitrogens with two attached hydrogens (primary N) is 3. The number of primary amides is 2. The van der Waals surface area contributed by atoms with Gasteiger partial charge in [-0.1, -0.05) is 13.8 Å². The fraction of sp³-hybridized carbons (Fsp3) is 0.632. The maximum Gasteiger partial charge on any atom is 0.326 e. The molecule has 0 rings (SSSR count). The number of rotatable bonds is 16. The molecule has 0 bridgehead atoms. The van der Waals surface area contributed by atoms with Crippen LogP contribution in [-0.2, 0) is 33.6 Å². The predicted octanol–water partition coefficient (Wildman–Crippen LogP) is -3.49. The molecule has 5 amide bonds. The maximum atomic E-state index is 12.7. The number of carboxylic acids is 2. The molecule has 0 aliphatic heterocycles. The molecule has 0 aromatic carbocycles. The first-order chi connectivity index (χ1) is 15.6. The predicted molar refractivity (Wildman–Crippen MR) is 115 cm³/mol. The molecule has 0 aromatic rings. The van der Waals surface area contributed by atoms with Gasteiger partial charge in [-0.25, -0.2) is 4.79 Å². The lowest BCUT2D eigenvalue weighted by Gasteiger charge is -2.24. The molecule has 4 unspecified atom stereocenters. The van der Waals surface area contributed by atoms with Crippen LogP contribution in [0.5, 0.6) is 0 Å². The van der Waals surface area contributed by atoms with E-state index in [1.54, 1.807) is 0 Å². The number of carboxylic acid groups (broad SMARTS) is 2.